The van der Waals surface area contributed by atoms with Crippen LogP contribution in [0.25, 0.3) is 17.2 Å². The van der Waals surface area contributed by atoms with Gasteiger partial charge in [0, 0.05) is 40.0 Å². The van der Waals surface area contributed by atoms with Crippen LogP contribution < -0.4 is 10.0 Å². The first-order valence-corrected chi connectivity index (χ1v) is 16.9. The Bertz CT molecular complexity index is 1970. The minimum Gasteiger partial charge on any atom is -0.300 e. The molecule has 1 fully saturated rings. The molecule has 0 saturated carbocycles. The number of thioether (sulfide) groups is 2. The van der Waals surface area contributed by atoms with Gasteiger partial charge in [0.1, 0.15) is 5.82 Å². The smallest absolute Gasteiger partial charge is 0.300 e. The summed E-state index contributed by atoms with van der Waals surface area (Å²) in [6, 6.07) is 21.5. The SMILES string of the molecule is CSc1ccc(-c2ccc(C=C3SC(=Nc4ccc(CC(=O)NS(=O)(=O)c5ccc(C(F)(F)F)cc5)cc4)NC3=O)c(F)c2)cc1.[Na]. The number of amidine groups is 1. The Labute approximate surface area is 298 Å². The van der Waals surface area contributed by atoms with E-state index in [1.54, 1.807) is 36.0 Å². The van der Waals surface area contributed by atoms with E-state index in [1.165, 1.54) is 24.3 Å². The Kier molecular flexibility index (Phi) is 11.8. The summed E-state index contributed by atoms with van der Waals surface area (Å²) >= 11 is 2.64. The maximum atomic E-state index is 14.9. The molecule has 15 heteroatoms. The minimum absolute atomic E-state index is 0. The van der Waals surface area contributed by atoms with Gasteiger partial charge in [-0.2, -0.15) is 13.2 Å². The number of aliphatic imine (C=N–C) groups is 1. The third-order valence-corrected chi connectivity index (χ3v) is 9.68. The molecule has 0 aromatic heterocycles. The first kappa shape index (κ1) is 36.4. The number of carbonyl (C=O) groups excluding carboxylic acids is 2. The Morgan fingerprint density at radius 1 is 0.957 bits per heavy atom. The average molecular weight is 709 g/mol. The van der Waals surface area contributed by atoms with Crippen molar-refractivity contribution >= 4 is 91.8 Å². The molecular formula is C32H23F4N3NaO4S3. The Hall–Kier alpha value is -3.40. The van der Waals surface area contributed by atoms with Crippen LogP contribution in [-0.4, -0.2) is 61.2 Å². The fourth-order valence-corrected chi connectivity index (χ4v) is 6.51. The molecule has 0 spiro atoms. The largest absolute Gasteiger partial charge is 0.416 e. The first-order valence-electron chi connectivity index (χ1n) is 13.4. The van der Waals surface area contributed by atoms with Gasteiger partial charge in [0.05, 0.1) is 27.5 Å². The van der Waals surface area contributed by atoms with Gasteiger partial charge in [-0.3, -0.25) is 9.59 Å². The number of nitrogens with one attached hydrogen (secondary N) is 2. The number of hydrogen-bond donors (Lipinski definition) is 2. The molecule has 237 valence electrons. The van der Waals surface area contributed by atoms with Crippen LogP contribution >= 0.6 is 23.5 Å². The third kappa shape index (κ3) is 9.36. The summed E-state index contributed by atoms with van der Waals surface area (Å²) in [4.78, 5) is 30.1. The second-order valence-electron chi connectivity index (χ2n) is 9.84. The van der Waals surface area contributed by atoms with E-state index in [0.717, 1.165) is 34.4 Å². The van der Waals surface area contributed by atoms with Gasteiger partial charge in [-0.1, -0.05) is 36.4 Å². The molecule has 4 aromatic rings. The second-order valence-corrected chi connectivity index (χ2v) is 13.4. The zero-order valence-corrected chi connectivity index (χ0v) is 29.2. The number of nitrogens with zero attached hydrogens (tertiary/aromatic N) is 1. The number of alkyl halides is 3. The molecule has 0 aliphatic carbocycles. The maximum absolute atomic E-state index is 14.9. The summed E-state index contributed by atoms with van der Waals surface area (Å²) < 4.78 is 79.9. The van der Waals surface area contributed by atoms with E-state index in [1.807, 2.05) is 35.2 Å². The second kappa shape index (κ2) is 15.2. The summed E-state index contributed by atoms with van der Waals surface area (Å²) in [5.74, 6) is -1.81. The number of hydrogen-bond acceptors (Lipinski definition) is 7. The number of amides is 2. The molecule has 1 radical (unpaired) electrons. The van der Waals surface area contributed by atoms with Gasteiger partial charge in [-0.25, -0.2) is 22.5 Å². The van der Waals surface area contributed by atoms with Gasteiger partial charge in [-0.05, 0) is 95.4 Å². The van der Waals surface area contributed by atoms with Crippen molar-refractivity contribution in [2.45, 2.75) is 22.4 Å². The Morgan fingerprint density at radius 2 is 1.60 bits per heavy atom. The van der Waals surface area contributed by atoms with Gasteiger partial charge in [0.15, 0.2) is 5.17 Å². The van der Waals surface area contributed by atoms with Gasteiger partial charge in [0.25, 0.3) is 15.9 Å². The molecular weight excluding hydrogens is 686 g/mol. The fourth-order valence-electron chi connectivity index (χ4n) is 4.29. The number of halogens is 4. The van der Waals surface area contributed by atoms with E-state index >= 15 is 0 Å². The van der Waals surface area contributed by atoms with E-state index < -0.39 is 44.3 Å². The zero-order chi connectivity index (χ0) is 33.1. The van der Waals surface area contributed by atoms with Crippen LogP contribution in [0.4, 0.5) is 23.2 Å². The van der Waals surface area contributed by atoms with Gasteiger partial charge >= 0.3 is 6.18 Å². The summed E-state index contributed by atoms with van der Waals surface area (Å²) in [7, 11) is -4.38. The normalized spacial score (nSPS) is 15.0. The molecule has 4 aromatic carbocycles. The fraction of sp³-hybridized carbons (Fsp3) is 0.0938. The molecule has 1 heterocycles. The Balaban J connectivity index is 0.00000500. The molecule has 5 rings (SSSR count). The molecule has 47 heavy (non-hydrogen) atoms. The van der Waals surface area contributed by atoms with Crippen molar-refractivity contribution < 1.29 is 35.6 Å². The van der Waals surface area contributed by atoms with Crippen molar-refractivity contribution in [2.75, 3.05) is 6.26 Å². The van der Waals surface area contributed by atoms with Crippen LogP contribution in [0.1, 0.15) is 16.7 Å². The molecule has 2 amide bonds. The molecule has 1 saturated heterocycles. The predicted molar refractivity (Wildman–Crippen MR) is 177 cm³/mol. The van der Waals surface area contributed by atoms with Crippen LogP contribution in [0, 0.1) is 5.82 Å². The quantitative estimate of drug-likeness (QED) is 0.0905. The van der Waals surface area contributed by atoms with Crippen molar-refractivity contribution in [3.8, 4) is 11.1 Å². The number of rotatable bonds is 8. The van der Waals surface area contributed by atoms with E-state index in [4.69, 9.17) is 0 Å². The summed E-state index contributed by atoms with van der Waals surface area (Å²) in [5, 5.41) is 2.89. The average Bonchev–Trinajstić information content (AvgIpc) is 3.36. The van der Waals surface area contributed by atoms with E-state index in [2.05, 4.69) is 10.3 Å². The molecule has 0 unspecified atom stereocenters. The van der Waals surface area contributed by atoms with Crippen LogP contribution in [0.3, 0.4) is 0 Å². The van der Waals surface area contributed by atoms with Crippen LogP contribution in [0.15, 0.2) is 111 Å². The minimum atomic E-state index is -4.63. The number of sulfonamides is 1. The van der Waals surface area contributed by atoms with Crippen molar-refractivity contribution in [1.82, 2.24) is 10.0 Å². The molecule has 0 atom stereocenters. The van der Waals surface area contributed by atoms with Crippen LogP contribution in [-0.2, 0) is 32.2 Å². The van der Waals surface area contributed by atoms with Gasteiger partial charge < -0.3 is 5.32 Å². The molecule has 7 nitrogen and oxygen atoms in total. The van der Waals surface area contributed by atoms with Crippen molar-refractivity contribution in [1.29, 1.82) is 0 Å². The topological polar surface area (TPSA) is 105 Å². The summed E-state index contributed by atoms with van der Waals surface area (Å²) in [6.07, 6.45) is -1.54. The van der Waals surface area contributed by atoms with Crippen molar-refractivity contribution in [3.05, 3.63) is 118 Å². The van der Waals surface area contributed by atoms with E-state index in [0.29, 0.717) is 28.9 Å². The molecule has 0 bridgehead atoms. The Morgan fingerprint density at radius 3 is 2.19 bits per heavy atom. The maximum Gasteiger partial charge on any atom is 0.416 e. The molecule has 1 aliphatic heterocycles. The van der Waals surface area contributed by atoms with E-state index in [-0.39, 0.29) is 51.6 Å². The molecule has 1 aliphatic rings. The van der Waals surface area contributed by atoms with Crippen molar-refractivity contribution in [2.24, 2.45) is 4.99 Å². The first-order chi connectivity index (χ1) is 21.8. The zero-order valence-electron chi connectivity index (χ0n) is 24.8. The number of carbonyl (C=O) groups is 2. The van der Waals surface area contributed by atoms with E-state index in [9.17, 15) is 35.6 Å². The standard InChI is InChI=1S/C32H23F4N3O4S3.Na/c1-44-25-12-6-20(7-13-25)21-4-5-22(27(33)17-21)18-28-30(41)38-31(45-28)37-24-10-2-19(3-11-24)16-29(40)39-46(42,43)26-14-8-23(9-15-26)32(34,35)36;/h2-15,17-18H,16H2,1H3,(H,39,40)(H,37,38,41);. The van der Waals surface area contributed by atoms with Gasteiger partial charge in [0.2, 0.25) is 5.91 Å². The van der Waals surface area contributed by atoms with Gasteiger partial charge in [-0.15, -0.1) is 11.8 Å². The molecule has 2 N–H and O–H groups in total. The van der Waals surface area contributed by atoms with Crippen LogP contribution in [0.2, 0.25) is 0 Å². The number of benzene rings is 4. The van der Waals surface area contributed by atoms with Crippen LogP contribution in [0.5, 0.6) is 0 Å². The summed E-state index contributed by atoms with van der Waals surface area (Å²) in [5.41, 5.74) is 1.66. The van der Waals surface area contributed by atoms with Crippen molar-refractivity contribution in [3.63, 3.8) is 0 Å². The predicted octanol–water partition coefficient (Wildman–Crippen LogP) is 6.79. The summed E-state index contributed by atoms with van der Waals surface area (Å²) in [6.45, 7) is 0. The monoisotopic (exact) mass is 708 g/mol. The third-order valence-electron chi connectivity index (χ3n) is 6.63.